The van der Waals surface area contributed by atoms with Crippen LogP contribution in [-0.4, -0.2) is 70.6 Å². The number of hydrogen-bond donors (Lipinski definition) is 2. The molecular formula is C19H28N4O4. The topological polar surface area (TPSA) is 109 Å². The highest BCUT2D eigenvalue weighted by Gasteiger charge is 2.46. The highest BCUT2D eigenvalue weighted by atomic mass is 16.5. The Kier molecular flexibility index (Phi) is 5.96. The molecule has 1 aromatic heterocycles. The standard InChI is InChI=1S/C19H28N4O4/c1-27-15-6-5-14(13-21-15)16(17(24)25)22-11-7-19(8-12-22,18(20)26)23-9-3-2-4-10-23/h5-6,13,16H,2-4,7-12H2,1H3,(H2,20,26)(H,24,25)/t16-/m1/s1. The van der Waals surface area contributed by atoms with Crippen LogP contribution in [0.2, 0.25) is 0 Å². The van der Waals surface area contributed by atoms with Gasteiger partial charge >= 0.3 is 5.97 Å². The fourth-order valence-corrected chi connectivity index (χ4v) is 4.38. The first-order chi connectivity index (χ1) is 13.0. The van der Waals surface area contributed by atoms with Gasteiger partial charge in [0.25, 0.3) is 0 Å². The number of ether oxygens (including phenoxy) is 1. The number of likely N-dealkylation sites (tertiary alicyclic amines) is 2. The second-order valence-electron chi connectivity index (χ2n) is 7.35. The number of nitrogens with two attached hydrogens (primary N) is 1. The molecule has 2 aliphatic heterocycles. The number of rotatable bonds is 6. The summed E-state index contributed by atoms with van der Waals surface area (Å²) in [6, 6.07) is 2.60. The van der Waals surface area contributed by atoms with Crippen LogP contribution in [0.4, 0.5) is 0 Å². The van der Waals surface area contributed by atoms with Gasteiger partial charge in [0.2, 0.25) is 11.8 Å². The maximum absolute atomic E-state index is 12.3. The summed E-state index contributed by atoms with van der Waals surface area (Å²) >= 11 is 0. The number of nitrogens with zero attached hydrogens (tertiary/aromatic N) is 3. The zero-order valence-electron chi connectivity index (χ0n) is 15.8. The number of carboxylic acids is 1. The summed E-state index contributed by atoms with van der Waals surface area (Å²) < 4.78 is 5.05. The number of aliphatic carboxylic acids is 1. The minimum atomic E-state index is -0.925. The summed E-state index contributed by atoms with van der Waals surface area (Å²) in [5.41, 5.74) is 5.77. The lowest BCUT2D eigenvalue weighted by Crippen LogP contribution is -2.63. The van der Waals surface area contributed by atoms with Gasteiger partial charge in [0.1, 0.15) is 11.6 Å². The summed E-state index contributed by atoms with van der Waals surface area (Å²) in [5, 5.41) is 9.79. The van der Waals surface area contributed by atoms with Crippen molar-refractivity contribution < 1.29 is 19.4 Å². The maximum atomic E-state index is 12.3. The molecule has 0 spiro atoms. The summed E-state index contributed by atoms with van der Waals surface area (Å²) in [5.74, 6) is -0.770. The van der Waals surface area contributed by atoms with E-state index in [1.54, 1.807) is 12.1 Å². The monoisotopic (exact) mass is 376 g/mol. The van der Waals surface area contributed by atoms with E-state index < -0.39 is 17.6 Å². The first-order valence-electron chi connectivity index (χ1n) is 9.50. The molecule has 1 aromatic rings. The largest absolute Gasteiger partial charge is 0.481 e. The second-order valence-corrected chi connectivity index (χ2v) is 7.35. The molecule has 27 heavy (non-hydrogen) atoms. The van der Waals surface area contributed by atoms with E-state index in [9.17, 15) is 14.7 Å². The van der Waals surface area contributed by atoms with Crippen LogP contribution >= 0.6 is 0 Å². The number of carbonyl (C=O) groups excluding carboxylic acids is 1. The molecule has 0 radical (unpaired) electrons. The molecular weight excluding hydrogens is 348 g/mol. The number of primary amides is 1. The fourth-order valence-electron chi connectivity index (χ4n) is 4.38. The van der Waals surface area contributed by atoms with E-state index in [1.807, 2.05) is 4.90 Å². The first-order valence-corrected chi connectivity index (χ1v) is 9.50. The van der Waals surface area contributed by atoms with Crippen molar-refractivity contribution in [3.8, 4) is 5.88 Å². The maximum Gasteiger partial charge on any atom is 0.325 e. The van der Waals surface area contributed by atoms with E-state index in [0.717, 1.165) is 25.9 Å². The molecule has 1 atom stereocenters. The van der Waals surface area contributed by atoms with Crippen molar-refractivity contribution >= 4 is 11.9 Å². The summed E-state index contributed by atoms with van der Waals surface area (Å²) in [7, 11) is 1.52. The van der Waals surface area contributed by atoms with Gasteiger partial charge in [-0.2, -0.15) is 0 Å². The Morgan fingerprint density at radius 2 is 1.85 bits per heavy atom. The predicted octanol–water partition coefficient (Wildman–Crippen LogP) is 1.02. The van der Waals surface area contributed by atoms with Gasteiger partial charge in [-0.05, 0) is 50.4 Å². The van der Waals surface area contributed by atoms with Crippen molar-refractivity contribution in [1.82, 2.24) is 14.8 Å². The second kappa shape index (κ2) is 8.22. The normalized spacial score (nSPS) is 22.1. The number of pyridine rings is 1. The number of carboxylic acid groups (broad SMARTS) is 1. The van der Waals surface area contributed by atoms with Crippen LogP contribution in [0.5, 0.6) is 5.88 Å². The molecule has 8 nitrogen and oxygen atoms in total. The molecule has 3 N–H and O–H groups in total. The molecule has 0 aliphatic carbocycles. The van der Waals surface area contributed by atoms with Crippen molar-refractivity contribution in [3.63, 3.8) is 0 Å². The van der Waals surface area contributed by atoms with Crippen molar-refractivity contribution in [2.45, 2.75) is 43.7 Å². The zero-order chi connectivity index (χ0) is 19.4. The van der Waals surface area contributed by atoms with E-state index >= 15 is 0 Å². The van der Waals surface area contributed by atoms with Gasteiger partial charge in [-0.1, -0.05) is 6.42 Å². The quantitative estimate of drug-likeness (QED) is 0.763. The average molecular weight is 376 g/mol. The number of hydrogen-bond acceptors (Lipinski definition) is 6. The lowest BCUT2D eigenvalue weighted by Gasteiger charge is -2.49. The van der Waals surface area contributed by atoms with Crippen molar-refractivity contribution in [3.05, 3.63) is 23.9 Å². The number of amides is 1. The van der Waals surface area contributed by atoms with Gasteiger partial charge < -0.3 is 15.6 Å². The van der Waals surface area contributed by atoms with Crippen LogP contribution in [0.3, 0.4) is 0 Å². The summed E-state index contributed by atoms with van der Waals surface area (Å²) in [4.78, 5) is 32.6. The molecule has 2 saturated heterocycles. The van der Waals surface area contributed by atoms with Gasteiger partial charge in [0.05, 0.1) is 7.11 Å². The molecule has 0 aromatic carbocycles. The Morgan fingerprint density at radius 3 is 2.33 bits per heavy atom. The van der Waals surface area contributed by atoms with Crippen LogP contribution in [0.15, 0.2) is 18.3 Å². The van der Waals surface area contributed by atoms with Crippen molar-refractivity contribution in [2.24, 2.45) is 5.73 Å². The lowest BCUT2D eigenvalue weighted by atomic mass is 9.82. The lowest BCUT2D eigenvalue weighted by molar-refractivity contribution is -0.146. The Hall–Kier alpha value is -2.19. The van der Waals surface area contributed by atoms with Crippen molar-refractivity contribution in [2.75, 3.05) is 33.3 Å². The smallest absolute Gasteiger partial charge is 0.325 e. The molecule has 2 fully saturated rings. The van der Waals surface area contributed by atoms with Crippen LogP contribution in [0, 0.1) is 0 Å². The number of carbonyl (C=O) groups is 2. The van der Waals surface area contributed by atoms with Crippen LogP contribution in [0.25, 0.3) is 0 Å². The molecule has 8 heteroatoms. The number of piperidine rings is 2. The Labute approximate surface area is 159 Å². The van der Waals surface area contributed by atoms with Gasteiger partial charge in [0.15, 0.2) is 0 Å². The SMILES string of the molecule is COc1ccc([C@H](C(=O)O)N2CCC(C(N)=O)(N3CCCCC3)CC2)cn1. The van der Waals surface area contributed by atoms with E-state index in [0.29, 0.717) is 37.4 Å². The summed E-state index contributed by atoms with van der Waals surface area (Å²) in [6.45, 7) is 2.77. The van der Waals surface area contributed by atoms with Gasteiger partial charge in [-0.25, -0.2) is 4.98 Å². The molecule has 1 amide bonds. The minimum Gasteiger partial charge on any atom is -0.481 e. The third-order valence-electron chi connectivity index (χ3n) is 5.93. The third kappa shape index (κ3) is 3.91. The van der Waals surface area contributed by atoms with E-state index in [-0.39, 0.29) is 5.91 Å². The molecule has 2 aliphatic rings. The fraction of sp³-hybridized carbons (Fsp3) is 0.632. The van der Waals surface area contributed by atoms with Gasteiger partial charge in [-0.15, -0.1) is 0 Å². The third-order valence-corrected chi connectivity index (χ3v) is 5.93. The van der Waals surface area contributed by atoms with E-state index in [2.05, 4.69) is 9.88 Å². The Morgan fingerprint density at radius 1 is 1.19 bits per heavy atom. The van der Waals surface area contributed by atoms with Gasteiger partial charge in [0, 0.05) is 25.4 Å². The number of aromatic nitrogens is 1. The summed E-state index contributed by atoms with van der Waals surface area (Å²) in [6.07, 6.45) is 5.98. The molecule has 3 rings (SSSR count). The predicted molar refractivity (Wildman–Crippen MR) is 99.3 cm³/mol. The highest BCUT2D eigenvalue weighted by molar-refractivity contribution is 5.85. The highest BCUT2D eigenvalue weighted by Crippen LogP contribution is 2.35. The molecule has 0 saturated carbocycles. The van der Waals surface area contributed by atoms with Crippen molar-refractivity contribution in [1.29, 1.82) is 0 Å². The molecule has 0 bridgehead atoms. The molecule has 148 valence electrons. The van der Waals surface area contributed by atoms with Crippen LogP contribution in [-0.2, 0) is 9.59 Å². The minimum absolute atomic E-state index is 0.290. The first kappa shape index (κ1) is 19.6. The molecule has 0 unspecified atom stereocenters. The van der Waals surface area contributed by atoms with E-state index in [1.165, 1.54) is 19.7 Å². The van der Waals surface area contributed by atoms with E-state index in [4.69, 9.17) is 10.5 Å². The molecule has 3 heterocycles. The average Bonchev–Trinajstić information content (AvgIpc) is 2.69. The Bertz CT molecular complexity index is 665. The number of methoxy groups -OCH3 is 1. The van der Waals surface area contributed by atoms with Crippen LogP contribution in [0.1, 0.15) is 43.7 Å². The zero-order valence-corrected chi connectivity index (χ0v) is 15.8. The van der Waals surface area contributed by atoms with Crippen LogP contribution < -0.4 is 10.5 Å². The van der Waals surface area contributed by atoms with Gasteiger partial charge in [-0.3, -0.25) is 19.4 Å². The Balaban J connectivity index is 1.76.